The predicted octanol–water partition coefficient (Wildman–Crippen LogP) is 3.35. The van der Waals surface area contributed by atoms with Crippen LogP contribution in [0.4, 0.5) is 5.13 Å². The van der Waals surface area contributed by atoms with Gasteiger partial charge >= 0.3 is 0 Å². The minimum atomic E-state index is 0.594. The molecule has 0 bridgehead atoms. The number of halogens is 1. The van der Waals surface area contributed by atoms with Gasteiger partial charge in [-0.25, -0.2) is 4.98 Å². The molecule has 2 heterocycles. The van der Waals surface area contributed by atoms with E-state index in [-0.39, 0.29) is 0 Å². The van der Waals surface area contributed by atoms with Gasteiger partial charge in [-0.2, -0.15) is 11.8 Å². The molecular formula is C9H13ClN2S2. The lowest BCUT2D eigenvalue weighted by Gasteiger charge is -2.21. The quantitative estimate of drug-likeness (QED) is 0.888. The third-order valence-corrected chi connectivity index (χ3v) is 4.53. The second-order valence-electron chi connectivity index (χ2n) is 3.41. The lowest BCUT2D eigenvalue weighted by atomic mass is 10.0. The molecule has 0 unspecified atom stereocenters. The highest BCUT2D eigenvalue weighted by atomic mass is 35.5. The second kappa shape index (κ2) is 5.24. The summed E-state index contributed by atoms with van der Waals surface area (Å²) in [6.07, 6.45) is 2.66. The summed E-state index contributed by atoms with van der Waals surface area (Å²) in [6.45, 7) is 1.05. The lowest BCUT2D eigenvalue weighted by molar-refractivity contribution is 0.516. The highest BCUT2D eigenvalue weighted by Gasteiger charge is 2.13. The summed E-state index contributed by atoms with van der Waals surface area (Å²) in [5, 5.41) is 6.76. The van der Waals surface area contributed by atoms with E-state index < -0.39 is 0 Å². The van der Waals surface area contributed by atoms with Crippen LogP contribution in [0.2, 0.25) is 5.15 Å². The Balaban J connectivity index is 1.76. The SMILES string of the molecule is Clc1csc(NCC2CCSCC2)n1. The Morgan fingerprint density at radius 1 is 1.50 bits per heavy atom. The molecule has 0 atom stereocenters. The molecule has 1 fully saturated rings. The predicted molar refractivity (Wildman–Crippen MR) is 65.7 cm³/mol. The Labute approximate surface area is 97.5 Å². The largest absolute Gasteiger partial charge is 0.361 e. The molecule has 1 saturated heterocycles. The fourth-order valence-electron chi connectivity index (χ4n) is 1.52. The molecule has 2 rings (SSSR count). The molecule has 0 spiro atoms. The zero-order valence-corrected chi connectivity index (χ0v) is 10.2. The highest BCUT2D eigenvalue weighted by molar-refractivity contribution is 7.99. The van der Waals surface area contributed by atoms with Crippen LogP contribution in [0, 0.1) is 5.92 Å². The van der Waals surface area contributed by atoms with Crippen LogP contribution in [0.1, 0.15) is 12.8 Å². The van der Waals surface area contributed by atoms with Crippen LogP contribution < -0.4 is 5.32 Å². The van der Waals surface area contributed by atoms with Crippen LogP contribution >= 0.6 is 34.7 Å². The van der Waals surface area contributed by atoms with Gasteiger partial charge in [-0.15, -0.1) is 11.3 Å². The monoisotopic (exact) mass is 248 g/mol. The molecule has 78 valence electrons. The number of aromatic nitrogens is 1. The number of thioether (sulfide) groups is 1. The van der Waals surface area contributed by atoms with Crippen molar-refractivity contribution in [2.75, 3.05) is 23.4 Å². The molecule has 0 saturated carbocycles. The van der Waals surface area contributed by atoms with Gasteiger partial charge < -0.3 is 5.32 Å². The van der Waals surface area contributed by atoms with Crippen molar-refractivity contribution in [2.45, 2.75) is 12.8 Å². The van der Waals surface area contributed by atoms with E-state index in [0.717, 1.165) is 17.6 Å². The Morgan fingerprint density at radius 3 is 2.93 bits per heavy atom. The van der Waals surface area contributed by atoms with E-state index in [1.165, 1.54) is 24.3 Å². The fourth-order valence-corrected chi connectivity index (χ4v) is 3.57. The first kappa shape index (κ1) is 10.6. The topological polar surface area (TPSA) is 24.9 Å². The minimum absolute atomic E-state index is 0.594. The Bertz CT molecular complexity index is 284. The summed E-state index contributed by atoms with van der Waals surface area (Å²) < 4.78 is 0. The molecule has 1 N–H and O–H groups in total. The number of hydrogen-bond acceptors (Lipinski definition) is 4. The summed E-state index contributed by atoms with van der Waals surface area (Å²) in [5.41, 5.74) is 0. The number of rotatable bonds is 3. The van der Waals surface area contributed by atoms with Crippen LogP contribution in [0.3, 0.4) is 0 Å². The fraction of sp³-hybridized carbons (Fsp3) is 0.667. The first-order valence-electron chi connectivity index (χ1n) is 4.77. The summed E-state index contributed by atoms with van der Waals surface area (Å²) in [4.78, 5) is 4.16. The Hall–Kier alpha value is 0.0700. The van der Waals surface area contributed by atoms with Gasteiger partial charge in [0.25, 0.3) is 0 Å². The van der Waals surface area contributed by atoms with Crippen molar-refractivity contribution >= 4 is 39.8 Å². The van der Waals surface area contributed by atoms with Crippen molar-refractivity contribution in [1.29, 1.82) is 0 Å². The van der Waals surface area contributed by atoms with E-state index in [1.54, 1.807) is 11.3 Å². The molecule has 1 aliphatic heterocycles. The summed E-state index contributed by atoms with van der Waals surface area (Å²) in [6, 6.07) is 0. The van der Waals surface area contributed by atoms with E-state index in [9.17, 15) is 0 Å². The van der Waals surface area contributed by atoms with Crippen molar-refractivity contribution in [3.8, 4) is 0 Å². The molecule has 0 aromatic carbocycles. The van der Waals surface area contributed by atoms with Crippen molar-refractivity contribution in [1.82, 2.24) is 4.98 Å². The smallest absolute Gasteiger partial charge is 0.184 e. The first-order valence-corrected chi connectivity index (χ1v) is 7.18. The summed E-state index contributed by atoms with van der Waals surface area (Å²) in [5.74, 6) is 3.44. The molecule has 0 amide bonds. The molecule has 5 heteroatoms. The van der Waals surface area contributed by atoms with E-state index >= 15 is 0 Å². The maximum absolute atomic E-state index is 5.74. The van der Waals surface area contributed by atoms with Crippen LogP contribution in [0.5, 0.6) is 0 Å². The molecule has 1 aromatic rings. The number of hydrogen-bond donors (Lipinski definition) is 1. The number of anilines is 1. The lowest BCUT2D eigenvalue weighted by Crippen LogP contribution is -2.18. The van der Waals surface area contributed by atoms with E-state index in [0.29, 0.717) is 5.15 Å². The van der Waals surface area contributed by atoms with Gasteiger partial charge in [-0.05, 0) is 30.3 Å². The third kappa shape index (κ3) is 3.04. The number of nitrogens with zero attached hydrogens (tertiary/aromatic N) is 1. The first-order chi connectivity index (χ1) is 6.84. The molecule has 0 aliphatic carbocycles. The number of nitrogens with one attached hydrogen (secondary N) is 1. The average molecular weight is 249 g/mol. The zero-order chi connectivity index (χ0) is 9.80. The molecule has 0 radical (unpaired) electrons. The van der Waals surface area contributed by atoms with Crippen molar-refractivity contribution in [3.63, 3.8) is 0 Å². The molecule has 2 nitrogen and oxygen atoms in total. The van der Waals surface area contributed by atoms with E-state index in [4.69, 9.17) is 11.6 Å². The maximum Gasteiger partial charge on any atom is 0.184 e. The zero-order valence-electron chi connectivity index (χ0n) is 7.83. The average Bonchev–Trinajstić information content (AvgIpc) is 2.63. The van der Waals surface area contributed by atoms with Gasteiger partial charge in [0.15, 0.2) is 5.13 Å². The van der Waals surface area contributed by atoms with Crippen molar-refractivity contribution in [2.24, 2.45) is 5.92 Å². The van der Waals surface area contributed by atoms with Gasteiger partial charge in [0.1, 0.15) is 5.15 Å². The van der Waals surface area contributed by atoms with Crippen molar-refractivity contribution in [3.05, 3.63) is 10.5 Å². The summed E-state index contributed by atoms with van der Waals surface area (Å²) >= 11 is 9.38. The second-order valence-corrected chi connectivity index (χ2v) is 5.88. The Morgan fingerprint density at radius 2 is 2.29 bits per heavy atom. The van der Waals surface area contributed by atoms with Gasteiger partial charge in [0, 0.05) is 11.9 Å². The van der Waals surface area contributed by atoms with Crippen LogP contribution in [0.25, 0.3) is 0 Å². The van der Waals surface area contributed by atoms with Gasteiger partial charge in [0.2, 0.25) is 0 Å². The molecular weight excluding hydrogens is 236 g/mol. The van der Waals surface area contributed by atoms with E-state index in [1.807, 2.05) is 5.38 Å². The third-order valence-electron chi connectivity index (χ3n) is 2.36. The highest BCUT2D eigenvalue weighted by Crippen LogP contribution is 2.24. The van der Waals surface area contributed by atoms with Crippen LogP contribution in [-0.4, -0.2) is 23.0 Å². The molecule has 14 heavy (non-hydrogen) atoms. The maximum atomic E-state index is 5.74. The normalized spacial score (nSPS) is 18.4. The number of thiazole rings is 1. The van der Waals surface area contributed by atoms with Gasteiger partial charge in [-0.1, -0.05) is 11.6 Å². The van der Waals surface area contributed by atoms with Crippen LogP contribution in [0.15, 0.2) is 5.38 Å². The molecule has 1 aromatic heterocycles. The summed E-state index contributed by atoms with van der Waals surface area (Å²) in [7, 11) is 0. The van der Waals surface area contributed by atoms with Gasteiger partial charge in [-0.3, -0.25) is 0 Å². The van der Waals surface area contributed by atoms with Crippen LogP contribution in [-0.2, 0) is 0 Å². The standard InChI is InChI=1S/C9H13ClN2S2/c10-8-6-14-9(12-8)11-5-7-1-3-13-4-2-7/h6-7H,1-5H2,(H,11,12). The van der Waals surface area contributed by atoms with Gasteiger partial charge in [0.05, 0.1) is 0 Å². The Kier molecular flexibility index (Phi) is 3.96. The molecule has 1 aliphatic rings. The van der Waals surface area contributed by atoms with Crippen molar-refractivity contribution < 1.29 is 0 Å². The minimum Gasteiger partial charge on any atom is -0.361 e. The van der Waals surface area contributed by atoms with E-state index in [2.05, 4.69) is 22.1 Å².